The van der Waals surface area contributed by atoms with Crippen molar-refractivity contribution in [1.29, 1.82) is 0 Å². The second kappa shape index (κ2) is 4.58. The molecule has 1 fully saturated rings. The molecular formula is C9H14N2OS. The van der Waals surface area contributed by atoms with Gasteiger partial charge in [-0.25, -0.2) is 4.98 Å². The molecule has 2 heterocycles. The van der Waals surface area contributed by atoms with Crippen LogP contribution in [0.1, 0.15) is 19.3 Å². The third-order valence-corrected chi connectivity index (χ3v) is 2.91. The normalized spacial score (nSPS) is 22.9. The summed E-state index contributed by atoms with van der Waals surface area (Å²) in [4.78, 5) is 4.07. The number of thiazole rings is 1. The van der Waals surface area contributed by atoms with Crippen LogP contribution in [-0.2, 0) is 0 Å². The van der Waals surface area contributed by atoms with E-state index in [2.05, 4.69) is 10.3 Å². The van der Waals surface area contributed by atoms with Gasteiger partial charge in [-0.2, -0.15) is 0 Å². The first-order chi connectivity index (χ1) is 6.45. The standard InChI is InChI=1S/C9H14N2OS/c1-2-4-10-8(3-1)7-12-9-11-5-6-13-9/h5-6,8,10H,1-4,7H2/t8-/m1/s1. The van der Waals surface area contributed by atoms with Crippen molar-refractivity contribution in [2.75, 3.05) is 13.2 Å². The highest BCUT2D eigenvalue weighted by Gasteiger charge is 2.13. The van der Waals surface area contributed by atoms with Gasteiger partial charge in [0.1, 0.15) is 6.61 Å². The molecule has 1 aromatic rings. The molecule has 13 heavy (non-hydrogen) atoms. The van der Waals surface area contributed by atoms with E-state index >= 15 is 0 Å². The fourth-order valence-electron chi connectivity index (χ4n) is 1.52. The van der Waals surface area contributed by atoms with Crippen LogP contribution in [-0.4, -0.2) is 24.2 Å². The SMILES string of the molecule is c1csc(OC[C@H]2CCCCN2)n1. The minimum absolute atomic E-state index is 0.526. The number of hydrogen-bond acceptors (Lipinski definition) is 4. The number of hydrogen-bond donors (Lipinski definition) is 1. The average molecular weight is 198 g/mol. The van der Waals surface area contributed by atoms with E-state index in [0.717, 1.165) is 18.3 Å². The van der Waals surface area contributed by atoms with Crippen molar-refractivity contribution in [3.05, 3.63) is 11.6 Å². The molecule has 0 spiro atoms. The molecule has 0 aromatic carbocycles. The highest BCUT2D eigenvalue weighted by molar-refractivity contribution is 7.11. The molecule has 4 heteroatoms. The maximum atomic E-state index is 5.53. The van der Waals surface area contributed by atoms with E-state index in [4.69, 9.17) is 4.74 Å². The van der Waals surface area contributed by atoms with E-state index in [1.165, 1.54) is 19.3 Å². The van der Waals surface area contributed by atoms with Crippen molar-refractivity contribution in [3.63, 3.8) is 0 Å². The van der Waals surface area contributed by atoms with E-state index in [9.17, 15) is 0 Å². The molecular weight excluding hydrogens is 184 g/mol. The van der Waals surface area contributed by atoms with Crippen LogP contribution >= 0.6 is 11.3 Å². The molecule has 0 radical (unpaired) electrons. The van der Waals surface area contributed by atoms with Gasteiger partial charge in [0.25, 0.3) is 5.19 Å². The van der Waals surface area contributed by atoms with E-state index in [1.54, 1.807) is 17.5 Å². The summed E-state index contributed by atoms with van der Waals surface area (Å²) >= 11 is 1.55. The smallest absolute Gasteiger partial charge is 0.273 e. The fraction of sp³-hybridized carbons (Fsp3) is 0.667. The van der Waals surface area contributed by atoms with Crippen molar-refractivity contribution >= 4 is 11.3 Å². The lowest BCUT2D eigenvalue weighted by Crippen LogP contribution is -2.38. The zero-order valence-electron chi connectivity index (χ0n) is 7.53. The predicted molar refractivity (Wildman–Crippen MR) is 53.3 cm³/mol. The van der Waals surface area contributed by atoms with Crippen LogP contribution in [0.5, 0.6) is 5.19 Å². The van der Waals surface area contributed by atoms with Gasteiger partial charge in [0.2, 0.25) is 0 Å². The predicted octanol–water partition coefficient (Wildman–Crippen LogP) is 1.66. The number of rotatable bonds is 3. The minimum atomic E-state index is 0.526. The van der Waals surface area contributed by atoms with Crippen molar-refractivity contribution in [3.8, 4) is 5.19 Å². The number of nitrogens with one attached hydrogen (secondary N) is 1. The number of ether oxygens (including phenoxy) is 1. The summed E-state index contributed by atoms with van der Waals surface area (Å²) in [6, 6.07) is 0.526. The molecule has 72 valence electrons. The molecule has 0 aliphatic carbocycles. The van der Waals surface area contributed by atoms with Crippen molar-refractivity contribution in [2.24, 2.45) is 0 Å². The van der Waals surface area contributed by atoms with Crippen LogP contribution in [0.4, 0.5) is 0 Å². The van der Waals surface area contributed by atoms with E-state index in [-0.39, 0.29) is 0 Å². The second-order valence-corrected chi connectivity index (χ2v) is 4.11. The molecule has 0 amide bonds. The first kappa shape index (κ1) is 8.97. The quantitative estimate of drug-likeness (QED) is 0.802. The van der Waals surface area contributed by atoms with Gasteiger partial charge in [-0.3, -0.25) is 0 Å². The maximum absolute atomic E-state index is 5.53. The van der Waals surface area contributed by atoms with Crippen molar-refractivity contribution in [1.82, 2.24) is 10.3 Å². The third kappa shape index (κ3) is 2.67. The molecule has 0 saturated carbocycles. The van der Waals surface area contributed by atoms with Gasteiger partial charge in [-0.15, -0.1) is 0 Å². The van der Waals surface area contributed by atoms with Gasteiger partial charge in [0, 0.05) is 17.6 Å². The molecule has 1 aromatic heterocycles. The van der Waals surface area contributed by atoms with Crippen LogP contribution in [0.15, 0.2) is 11.6 Å². The molecule has 2 rings (SSSR count). The van der Waals surface area contributed by atoms with Gasteiger partial charge in [-0.1, -0.05) is 17.8 Å². The zero-order valence-corrected chi connectivity index (χ0v) is 8.35. The van der Waals surface area contributed by atoms with Crippen LogP contribution in [0.3, 0.4) is 0 Å². The van der Waals surface area contributed by atoms with Gasteiger partial charge >= 0.3 is 0 Å². The topological polar surface area (TPSA) is 34.1 Å². The van der Waals surface area contributed by atoms with E-state index < -0.39 is 0 Å². The Morgan fingerprint density at radius 3 is 3.31 bits per heavy atom. The number of aromatic nitrogens is 1. The Morgan fingerprint density at radius 1 is 1.62 bits per heavy atom. The number of piperidine rings is 1. The Kier molecular flexibility index (Phi) is 3.16. The summed E-state index contributed by atoms with van der Waals surface area (Å²) in [6.45, 7) is 1.89. The lowest BCUT2D eigenvalue weighted by atomic mass is 10.1. The molecule has 1 atom stereocenters. The molecule has 1 saturated heterocycles. The molecule has 1 aliphatic rings. The lowest BCUT2D eigenvalue weighted by molar-refractivity contribution is 0.238. The first-order valence-electron chi connectivity index (χ1n) is 4.71. The molecule has 1 aliphatic heterocycles. The van der Waals surface area contributed by atoms with Crippen LogP contribution in [0.25, 0.3) is 0 Å². The number of nitrogens with zero attached hydrogens (tertiary/aromatic N) is 1. The van der Waals surface area contributed by atoms with E-state index in [1.807, 2.05) is 5.38 Å². The Balaban J connectivity index is 1.72. The largest absolute Gasteiger partial charge is 0.468 e. The Morgan fingerprint density at radius 2 is 2.62 bits per heavy atom. The summed E-state index contributed by atoms with van der Waals surface area (Å²) < 4.78 is 5.53. The van der Waals surface area contributed by atoms with Crippen molar-refractivity contribution < 1.29 is 4.74 Å². The Bertz CT molecular complexity index is 232. The van der Waals surface area contributed by atoms with Crippen LogP contribution in [0.2, 0.25) is 0 Å². The Labute approximate surface area is 82.1 Å². The molecule has 0 unspecified atom stereocenters. The monoisotopic (exact) mass is 198 g/mol. The lowest BCUT2D eigenvalue weighted by Gasteiger charge is -2.22. The van der Waals surface area contributed by atoms with Crippen LogP contribution < -0.4 is 10.1 Å². The third-order valence-electron chi connectivity index (χ3n) is 2.23. The summed E-state index contributed by atoms with van der Waals surface area (Å²) in [6.07, 6.45) is 5.62. The summed E-state index contributed by atoms with van der Waals surface area (Å²) in [5, 5.41) is 6.15. The minimum Gasteiger partial charge on any atom is -0.468 e. The molecule has 3 nitrogen and oxygen atoms in total. The van der Waals surface area contributed by atoms with Gasteiger partial charge in [-0.05, 0) is 19.4 Å². The van der Waals surface area contributed by atoms with Gasteiger partial charge < -0.3 is 10.1 Å². The molecule has 0 bridgehead atoms. The highest BCUT2D eigenvalue weighted by Crippen LogP contribution is 2.15. The van der Waals surface area contributed by atoms with E-state index in [0.29, 0.717) is 6.04 Å². The summed E-state index contributed by atoms with van der Waals surface area (Å²) in [5.41, 5.74) is 0. The molecule has 1 N–H and O–H groups in total. The van der Waals surface area contributed by atoms with Crippen molar-refractivity contribution in [2.45, 2.75) is 25.3 Å². The average Bonchev–Trinajstić information content (AvgIpc) is 2.69. The highest BCUT2D eigenvalue weighted by atomic mass is 32.1. The Hall–Kier alpha value is -0.610. The maximum Gasteiger partial charge on any atom is 0.273 e. The summed E-state index contributed by atoms with van der Waals surface area (Å²) in [5.74, 6) is 0. The van der Waals surface area contributed by atoms with Gasteiger partial charge in [0.05, 0.1) is 0 Å². The fourth-order valence-corrected chi connectivity index (χ4v) is 2.02. The zero-order chi connectivity index (χ0) is 8.93. The summed E-state index contributed by atoms with van der Waals surface area (Å²) in [7, 11) is 0. The second-order valence-electron chi connectivity index (χ2n) is 3.26. The van der Waals surface area contributed by atoms with Gasteiger partial charge in [0.15, 0.2) is 0 Å². The van der Waals surface area contributed by atoms with Crippen LogP contribution in [0, 0.1) is 0 Å². The first-order valence-corrected chi connectivity index (χ1v) is 5.59.